The Hall–Kier alpha value is -2.67. The molecule has 0 atom stereocenters. The fraction of sp³-hybridized carbons (Fsp3) is 0.421. The van der Waals surface area contributed by atoms with Crippen LogP contribution in [0.25, 0.3) is 11.0 Å². The highest BCUT2D eigenvalue weighted by molar-refractivity contribution is 5.97. The Balaban J connectivity index is 1.38. The van der Waals surface area contributed by atoms with Crippen LogP contribution < -0.4 is 0 Å². The number of rotatable bonds is 5. The zero-order chi connectivity index (χ0) is 17.9. The zero-order valence-corrected chi connectivity index (χ0v) is 14.5. The normalized spacial score (nSPS) is 15.7. The molecule has 4 rings (SSSR count). The molecule has 7 nitrogen and oxygen atoms in total. The number of aliphatic hydroxyl groups is 1. The van der Waals surface area contributed by atoms with Gasteiger partial charge in [-0.15, -0.1) is 5.10 Å². The predicted octanol–water partition coefficient (Wildman–Crippen LogP) is 2.43. The lowest BCUT2D eigenvalue weighted by Gasteiger charge is -2.31. The van der Waals surface area contributed by atoms with Crippen LogP contribution in [0.4, 0.5) is 0 Å². The number of hydrogen-bond acceptors (Lipinski definition) is 5. The third-order valence-electron chi connectivity index (χ3n) is 4.97. The summed E-state index contributed by atoms with van der Waals surface area (Å²) in [7, 11) is 0. The number of aryl methyl sites for hydroxylation is 1. The van der Waals surface area contributed by atoms with Crippen molar-refractivity contribution in [2.24, 2.45) is 0 Å². The molecule has 3 aromatic rings. The Bertz CT molecular complexity index is 893. The maximum atomic E-state index is 12.8. The van der Waals surface area contributed by atoms with Crippen LogP contribution in [0.2, 0.25) is 0 Å². The van der Waals surface area contributed by atoms with E-state index in [0.717, 1.165) is 35.9 Å². The summed E-state index contributed by atoms with van der Waals surface area (Å²) < 4.78 is 7.24. The van der Waals surface area contributed by atoms with Crippen LogP contribution in [0.15, 0.2) is 41.1 Å². The number of carbonyl (C=O) groups excluding carboxylic acids is 1. The Morgan fingerprint density at radius 1 is 1.27 bits per heavy atom. The van der Waals surface area contributed by atoms with Crippen molar-refractivity contribution in [3.05, 3.63) is 48.0 Å². The minimum absolute atomic E-state index is 0.0637. The Kier molecular flexibility index (Phi) is 4.71. The molecule has 1 aliphatic heterocycles. The van der Waals surface area contributed by atoms with E-state index in [9.17, 15) is 4.79 Å². The van der Waals surface area contributed by atoms with E-state index in [4.69, 9.17) is 9.52 Å². The highest BCUT2D eigenvalue weighted by atomic mass is 16.3. The maximum absolute atomic E-state index is 12.8. The topological polar surface area (TPSA) is 84.4 Å². The number of furan rings is 1. The van der Waals surface area contributed by atoms with Crippen molar-refractivity contribution < 1.29 is 14.3 Å². The molecule has 0 bridgehead atoms. The number of likely N-dealkylation sites (tertiary alicyclic amines) is 1. The van der Waals surface area contributed by atoms with Crippen LogP contribution in [0.3, 0.4) is 0 Å². The van der Waals surface area contributed by atoms with E-state index in [0.29, 0.717) is 25.1 Å². The number of carbonyl (C=O) groups is 1. The van der Waals surface area contributed by atoms with Gasteiger partial charge in [0.2, 0.25) is 0 Å². The summed E-state index contributed by atoms with van der Waals surface area (Å²) in [6.07, 6.45) is 6.77. The molecule has 1 saturated heterocycles. The zero-order valence-electron chi connectivity index (χ0n) is 14.5. The first-order chi connectivity index (χ1) is 12.7. The van der Waals surface area contributed by atoms with Crippen molar-refractivity contribution in [1.29, 1.82) is 0 Å². The van der Waals surface area contributed by atoms with Gasteiger partial charge in [0, 0.05) is 36.8 Å². The summed E-state index contributed by atoms with van der Waals surface area (Å²) in [6.45, 7) is 1.58. The number of benzene rings is 1. The summed E-state index contributed by atoms with van der Waals surface area (Å²) in [5.41, 5.74) is 2.40. The largest absolute Gasteiger partial charge is 0.464 e. The molecule has 1 aromatic carbocycles. The SMILES string of the molecule is O=C(c1ccc2occc2c1)N1CCC(n2cc(CCCO)nn2)CC1. The maximum Gasteiger partial charge on any atom is 0.253 e. The lowest BCUT2D eigenvalue weighted by atomic mass is 10.0. The summed E-state index contributed by atoms with van der Waals surface area (Å²) in [6, 6.07) is 7.70. The van der Waals surface area contributed by atoms with E-state index in [2.05, 4.69) is 10.3 Å². The van der Waals surface area contributed by atoms with E-state index in [1.807, 2.05) is 40.0 Å². The van der Waals surface area contributed by atoms with E-state index in [1.165, 1.54) is 0 Å². The summed E-state index contributed by atoms with van der Waals surface area (Å²) in [4.78, 5) is 14.7. The quantitative estimate of drug-likeness (QED) is 0.761. The number of nitrogens with zero attached hydrogens (tertiary/aromatic N) is 4. The van der Waals surface area contributed by atoms with Crippen LogP contribution in [-0.4, -0.2) is 50.6 Å². The lowest BCUT2D eigenvalue weighted by molar-refractivity contribution is 0.0689. The molecule has 0 aliphatic carbocycles. The highest BCUT2D eigenvalue weighted by Gasteiger charge is 2.25. The Labute approximate surface area is 151 Å². The summed E-state index contributed by atoms with van der Waals surface area (Å²) in [5.74, 6) is 0.0637. The lowest BCUT2D eigenvalue weighted by Crippen LogP contribution is -2.39. The number of fused-ring (bicyclic) bond motifs is 1. The van der Waals surface area contributed by atoms with Gasteiger partial charge in [0.25, 0.3) is 5.91 Å². The summed E-state index contributed by atoms with van der Waals surface area (Å²) in [5, 5.41) is 18.2. The van der Waals surface area contributed by atoms with Crippen molar-refractivity contribution in [3.8, 4) is 0 Å². The van der Waals surface area contributed by atoms with Gasteiger partial charge < -0.3 is 14.4 Å². The predicted molar refractivity (Wildman–Crippen MR) is 95.8 cm³/mol. The van der Waals surface area contributed by atoms with Gasteiger partial charge in [0.1, 0.15) is 5.58 Å². The van der Waals surface area contributed by atoms with Crippen LogP contribution in [0, 0.1) is 0 Å². The third kappa shape index (κ3) is 3.35. The molecular formula is C19H22N4O3. The van der Waals surface area contributed by atoms with E-state index < -0.39 is 0 Å². The number of aromatic nitrogens is 3. The second-order valence-electron chi connectivity index (χ2n) is 6.71. The molecule has 26 heavy (non-hydrogen) atoms. The molecule has 0 spiro atoms. The van der Waals surface area contributed by atoms with E-state index >= 15 is 0 Å². The minimum Gasteiger partial charge on any atom is -0.464 e. The van der Waals surface area contributed by atoms with E-state index in [-0.39, 0.29) is 18.6 Å². The first-order valence-electron chi connectivity index (χ1n) is 9.03. The van der Waals surface area contributed by atoms with Gasteiger partial charge in [-0.1, -0.05) is 5.21 Å². The summed E-state index contributed by atoms with van der Waals surface area (Å²) >= 11 is 0. The van der Waals surface area contributed by atoms with Crippen LogP contribution in [0.1, 0.15) is 41.4 Å². The van der Waals surface area contributed by atoms with Crippen molar-refractivity contribution in [2.75, 3.05) is 19.7 Å². The van der Waals surface area contributed by atoms with Gasteiger partial charge in [-0.25, -0.2) is 4.68 Å². The van der Waals surface area contributed by atoms with Crippen molar-refractivity contribution >= 4 is 16.9 Å². The van der Waals surface area contributed by atoms with Gasteiger partial charge in [0.15, 0.2) is 0 Å². The average Bonchev–Trinajstić information content (AvgIpc) is 3.34. The molecule has 1 aliphatic rings. The molecule has 7 heteroatoms. The van der Waals surface area contributed by atoms with Crippen LogP contribution in [-0.2, 0) is 6.42 Å². The molecule has 136 valence electrons. The Morgan fingerprint density at radius 3 is 2.92 bits per heavy atom. The molecule has 1 fully saturated rings. The van der Waals surface area contributed by atoms with Crippen molar-refractivity contribution in [2.45, 2.75) is 31.7 Å². The van der Waals surface area contributed by atoms with Gasteiger partial charge in [-0.05, 0) is 49.9 Å². The van der Waals surface area contributed by atoms with Gasteiger partial charge in [-0.2, -0.15) is 0 Å². The van der Waals surface area contributed by atoms with Gasteiger partial charge in [0.05, 0.1) is 18.0 Å². The number of aliphatic hydroxyl groups excluding tert-OH is 1. The fourth-order valence-electron chi connectivity index (χ4n) is 3.48. The standard InChI is InChI=1S/C19H22N4O3/c24-10-1-2-16-13-23(21-20-16)17-5-8-22(9-6-17)19(25)15-3-4-18-14(12-15)7-11-26-18/h3-4,7,11-13,17,24H,1-2,5-6,8-10H2. The molecular weight excluding hydrogens is 332 g/mol. The third-order valence-corrected chi connectivity index (χ3v) is 4.97. The number of piperidine rings is 1. The van der Waals surface area contributed by atoms with Gasteiger partial charge >= 0.3 is 0 Å². The molecule has 3 heterocycles. The highest BCUT2D eigenvalue weighted by Crippen LogP contribution is 2.24. The molecule has 0 saturated carbocycles. The first kappa shape index (κ1) is 16.8. The fourth-order valence-corrected chi connectivity index (χ4v) is 3.48. The average molecular weight is 354 g/mol. The van der Waals surface area contributed by atoms with Crippen molar-refractivity contribution in [3.63, 3.8) is 0 Å². The molecule has 0 radical (unpaired) electrons. The second kappa shape index (κ2) is 7.29. The van der Waals surface area contributed by atoms with Crippen LogP contribution >= 0.6 is 0 Å². The number of amides is 1. The first-order valence-corrected chi connectivity index (χ1v) is 9.03. The molecule has 2 aromatic heterocycles. The minimum atomic E-state index is 0.0637. The van der Waals surface area contributed by atoms with Crippen LogP contribution in [0.5, 0.6) is 0 Å². The molecule has 0 unspecified atom stereocenters. The van der Waals surface area contributed by atoms with Crippen molar-refractivity contribution in [1.82, 2.24) is 19.9 Å². The second-order valence-corrected chi connectivity index (χ2v) is 6.71. The molecule has 1 N–H and O–H groups in total. The van der Waals surface area contributed by atoms with E-state index in [1.54, 1.807) is 6.26 Å². The van der Waals surface area contributed by atoms with Gasteiger partial charge in [-0.3, -0.25) is 4.79 Å². The molecule has 1 amide bonds. The monoisotopic (exact) mass is 354 g/mol. The smallest absolute Gasteiger partial charge is 0.253 e. The Morgan fingerprint density at radius 2 is 2.12 bits per heavy atom. The number of hydrogen-bond donors (Lipinski definition) is 1.